The van der Waals surface area contributed by atoms with Crippen molar-refractivity contribution in [2.45, 2.75) is 39.7 Å². The molecule has 0 spiro atoms. The molecule has 2 amide bonds. The van der Waals surface area contributed by atoms with Crippen molar-refractivity contribution in [1.29, 1.82) is 0 Å². The summed E-state index contributed by atoms with van der Waals surface area (Å²) < 4.78 is 5.55. The van der Waals surface area contributed by atoms with Gasteiger partial charge in [-0.2, -0.15) is 0 Å². The smallest absolute Gasteiger partial charge is 0.269 e. The van der Waals surface area contributed by atoms with Crippen LogP contribution in [0.1, 0.15) is 44.0 Å². The molecule has 1 atom stereocenters. The fraction of sp³-hybridized carbons (Fsp3) is 0.364. The van der Waals surface area contributed by atoms with Crippen LogP contribution in [0.3, 0.4) is 0 Å². The van der Waals surface area contributed by atoms with Crippen LogP contribution in [0.4, 0.5) is 11.4 Å². The summed E-state index contributed by atoms with van der Waals surface area (Å²) in [5, 5.41) is 13.5. The maximum Gasteiger partial charge on any atom is 0.269 e. The predicted molar refractivity (Wildman–Crippen MR) is 115 cm³/mol. The van der Waals surface area contributed by atoms with Crippen LogP contribution in [0.5, 0.6) is 5.75 Å². The van der Waals surface area contributed by atoms with E-state index in [1.54, 1.807) is 36.1 Å². The number of nitro groups is 1. The van der Waals surface area contributed by atoms with E-state index in [1.165, 1.54) is 24.3 Å². The highest BCUT2D eigenvalue weighted by Gasteiger charge is 2.18. The summed E-state index contributed by atoms with van der Waals surface area (Å²) in [4.78, 5) is 37.2. The van der Waals surface area contributed by atoms with Gasteiger partial charge in [-0.1, -0.05) is 19.9 Å². The van der Waals surface area contributed by atoms with Gasteiger partial charge in [0.1, 0.15) is 5.75 Å². The first kappa shape index (κ1) is 22.9. The largest absolute Gasteiger partial charge is 0.481 e. The molecule has 8 heteroatoms. The Bertz CT molecular complexity index is 877. The van der Waals surface area contributed by atoms with E-state index in [0.29, 0.717) is 30.1 Å². The number of nitro benzene ring substituents is 1. The van der Waals surface area contributed by atoms with E-state index in [2.05, 4.69) is 5.32 Å². The second-order valence-electron chi connectivity index (χ2n) is 6.87. The van der Waals surface area contributed by atoms with Crippen LogP contribution in [0.15, 0.2) is 48.5 Å². The summed E-state index contributed by atoms with van der Waals surface area (Å²) in [5.74, 6) is -0.108. The number of hydrogen-bond acceptors (Lipinski definition) is 5. The molecule has 0 aliphatic carbocycles. The molecule has 8 nitrogen and oxygen atoms in total. The minimum absolute atomic E-state index is 0.0545. The molecule has 0 saturated heterocycles. The Morgan fingerprint density at radius 2 is 1.73 bits per heavy atom. The van der Waals surface area contributed by atoms with E-state index in [0.717, 1.165) is 12.8 Å². The summed E-state index contributed by atoms with van der Waals surface area (Å²) in [6, 6.07) is 12.3. The minimum Gasteiger partial charge on any atom is -0.481 e. The predicted octanol–water partition coefficient (Wildman–Crippen LogP) is 4.26. The highest BCUT2D eigenvalue weighted by molar-refractivity contribution is 5.98. The van der Waals surface area contributed by atoms with Crippen molar-refractivity contribution >= 4 is 23.2 Å². The third-order valence-electron chi connectivity index (χ3n) is 4.38. The Balaban J connectivity index is 2.03. The summed E-state index contributed by atoms with van der Waals surface area (Å²) in [6.45, 7) is 7.00. The number of ether oxygens (including phenoxy) is 1. The molecular formula is C22H27N3O5. The maximum absolute atomic E-state index is 12.8. The molecule has 1 N–H and O–H groups in total. The average molecular weight is 413 g/mol. The van der Waals surface area contributed by atoms with Crippen molar-refractivity contribution in [2.24, 2.45) is 0 Å². The summed E-state index contributed by atoms with van der Waals surface area (Å²) in [7, 11) is 0. The van der Waals surface area contributed by atoms with Gasteiger partial charge in [-0.15, -0.1) is 0 Å². The molecule has 2 rings (SSSR count). The van der Waals surface area contributed by atoms with Gasteiger partial charge in [0.25, 0.3) is 17.5 Å². The number of rotatable bonds is 10. The van der Waals surface area contributed by atoms with Crippen molar-refractivity contribution in [3.63, 3.8) is 0 Å². The number of nitrogens with zero attached hydrogens (tertiary/aromatic N) is 2. The fourth-order valence-electron chi connectivity index (χ4n) is 2.92. The van der Waals surface area contributed by atoms with E-state index >= 15 is 0 Å². The second-order valence-corrected chi connectivity index (χ2v) is 6.87. The lowest BCUT2D eigenvalue weighted by atomic mass is 10.1. The Morgan fingerprint density at radius 1 is 1.10 bits per heavy atom. The molecule has 0 fully saturated rings. The minimum atomic E-state index is -0.831. The number of nitrogens with one attached hydrogen (secondary N) is 1. The molecule has 0 heterocycles. The number of anilines is 1. The third-order valence-corrected chi connectivity index (χ3v) is 4.38. The Kier molecular flexibility index (Phi) is 8.34. The molecular weight excluding hydrogens is 386 g/mol. The van der Waals surface area contributed by atoms with Crippen molar-refractivity contribution in [2.75, 3.05) is 18.4 Å². The topological polar surface area (TPSA) is 102 Å². The number of carbonyl (C=O) groups excluding carboxylic acids is 2. The standard InChI is InChI=1S/C22H27N3O5/c1-4-13-24(14-5-2)22(27)17-7-6-8-18(15-17)23-21(26)16(3)30-20-11-9-19(10-12-20)25(28)29/h6-12,15-16H,4-5,13-14H2,1-3H3,(H,23,26). The molecule has 2 aromatic carbocycles. The molecule has 0 bridgehead atoms. The summed E-state index contributed by atoms with van der Waals surface area (Å²) in [5.41, 5.74) is 0.956. The zero-order valence-corrected chi connectivity index (χ0v) is 17.5. The van der Waals surface area contributed by atoms with Gasteiger partial charge in [0.05, 0.1) is 4.92 Å². The number of amides is 2. The molecule has 1 unspecified atom stereocenters. The molecule has 0 aliphatic rings. The lowest BCUT2D eigenvalue weighted by Gasteiger charge is -2.22. The van der Waals surface area contributed by atoms with Crippen LogP contribution < -0.4 is 10.1 Å². The first-order valence-corrected chi connectivity index (χ1v) is 9.97. The van der Waals surface area contributed by atoms with E-state index in [9.17, 15) is 19.7 Å². The molecule has 0 radical (unpaired) electrons. The first-order valence-electron chi connectivity index (χ1n) is 9.97. The van der Waals surface area contributed by atoms with Gasteiger partial charge in [-0.3, -0.25) is 19.7 Å². The molecule has 2 aromatic rings. The van der Waals surface area contributed by atoms with Crippen LogP contribution in [-0.2, 0) is 4.79 Å². The number of non-ortho nitro benzene ring substituents is 1. The summed E-state index contributed by atoms with van der Waals surface area (Å²) >= 11 is 0. The third kappa shape index (κ3) is 6.30. The monoisotopic (exact) mass is 413 g/mol. The van der Waals surface area contributed by atoms with Crippen molar-refractivity contribution in [3.8, 4) is 5.75 Å². The zero-order chi connectivity index (χ0) is 22.1. The SMILES string of the molecule is CCCN(CCC)C(=O)c1cccc(NC(=O)C(C)Oc2ccc([N+](=O)[O-])cc2)c1. The van der Waals surface area contributed by atoms with Crippen LogP contribution in [0.2, 0.25) is 0 Å². The van der Waals surface area contributed by atoms with Gasteiger partial charge in [0.2, 0.25) is 0 Å². The number of carbonyl (C=O) groups is 2. The van der Waals surface area contributed by atoms with Crippen LogP contribution in [-0.4, -0.2) is 40.8 Å². The van der Waals surface area contributed by atoms with E-state index in [-0.39, 0.29) is 11.6 Å². The lowest BCUT2D eigenvalue weighted by Crippen LogP contribution is -2.33. The zero-order valence-electron chi connectivity index (χ0n) is 17.5. The normalized spacial score (nSPS) is 11.4. The quantitative estimate of drug-likeness (QED) is 0.463. The van der Waals surface area contributed by atoms with Crippen LogP contribution in [0, 0.1) is 10.1 Å². The number of benzene rings is 2. The Labute approximate surface area is 176 Å². The van der Waals surface area contributed by atoms with Gasteiger partial charge in [-0.05, 0) is 50.1 Å². The van der Waals surface area contributed by atoms with Crippen molar-refractivity contribution in [3.05, 3.63) is 64.2 Å². The van der Waals surface area contributed by atoms with Crippen molar-refractivity contribution < 1.29 is 19.2 Å². The Morgan fingerprint density at radius 3 is 2.30 bits per heavy atom. The van der Waals surface area contributed by atoms with Gasteiger partial charge >= 0.3 is 0 Å². The fourth-order valence-corrected chi connectivity index (χ4v) is 2.92. The van der Waals surface area contributed by atoms with Gasteiger partial charge < -0.3 is 15.0 Å². The van der Waals surface area contributed by atoms with Gasteiger partial charge in [0.15, 0.2) is 6.10 Å². The number of hydrogen-bond donors (Lipinski definition) is 1. The van der Waals surface area contributed by atoms with E-state index in [1.807, 2.05) is 13.8 Å². The maximum atomic E-state index is 12.8. The van der Waals surface area contributed by atoms with Crippen molar-refractivity contribution in [1.82, 2.24) is 4.90 Å². The molecule has 160 valence electrons. The van der Waals surface area contributed by atoms with Gasteiger partial charge in [0, 0.05) is 36.5 Å². The molecule has 0 saturated carbocycles. The highest BCUT2D eigenvalue weighted by atomic mass is 16.6. The molecule has 0 aromatic heterocycles. The highest BCUT2D eigenvalue weighted by Crippen LogP contribution is 2.19. The van der Waals surface area contributed by atoms with Crippen LogP contribution in [0.25, 0.3) is 0 Å². The summed E-state index contributed by atoms with van der Waals surface area (Å²) in [6.07, 6.45) is 0.918. The van der Waals surface area contributed by atoms with E-state index < -0.39 is 16.9 Å². The van der Waals surface area contributed by atoms with Gasteiger partial charge in [-0.25, -0.2) is 0 Å². The average Bonchev–Trinajstić information content (AvgIpc) is 2.73. The molecule has 0 aliphatic heterocycles. The first-order chi connectivity index (χ1) is 14.3. The second kappa shape index (κ2) is 10.9. The molecule has 30 heavy (non-hydrogen) atoms. The van der Waals surface area contributed by atoms with Crippen LogP contribution >= 0.6 is 0 Å². The van der Waals surface area contributed by atoms with E-state index in [4.69, 9.17) is 4.74 Å². The Hall–Kier alpha value is -3.42. The lowest BCUT2D eigenvalue weighted by molar-refractivity contribution is -0.384.